The second-order valence-corrected chi connectivity index (χ2v) is 6.17. The van der Waals surface area contributed by atoms with Crippen molar-refractivity contribution in [3.63, 3.8) is 0 Å². The van der Waals surface area contributed by atoms with Gasteiger partial charge >= 0.3 is 0 Å². The highest BCUT2D eigenvalue weighted by atomic mass is 32.1. The van der Waals surface area contributed by atoms with Gasteiger partial charge in [-0.3, -0.25) is 9.78 Å². The molecule has 0 N–H and O–H groups in total. The van der Waals surface area contributed by atoms with E-state index in [2.05, 4.69) is 9.98 Å². The van der Waals surface area contributed by atoms with Crippen LogP contribution in [0.25, 0.3) is 10.9 Å². The van der Waals surface area contributed by atoms with Crippen LogP contribution in [0.1, 0.15) is 16.8 Å². The summed E-state index contributed by atoms with van der Waals surface area (Å²) in [4.78, 5) is 21.8. The molecule has 0 atom stereocenters. The molecule has 0 aliphatic heterocycles. The topological polar surface area (TPSA) is 47.2 Å². The van der Waals surface area contributed by atoms with Crippen LogP contribution in [0.15, 0.2) is 40.8 Å². The van der Waals surface area contributed by atoms with Gasteiger partial charge < -0.3 is 4.57 Å². The summed E-state index contributed by atoms with van der Waals surface area (Å²) in [5.41, 5.74) is 3.96. The van der Waals surface area contributed by atoms with Crippen LogP contribution in [0.2, 0.25) is 0 Å². The summed E-state index contributed by atoms with van der Waals surface area (Å²) in [7, 11) is 1.89. The van der Waals surface area contributed by atoms with Gasteiger partial charge in [-0.1, -0.05) is 18.2 Å². The number of pyridine rings is 1. The normalized spacial score (nSPS) is 12.0. The Kier molecular flexibility index (Phi) is 3.90. The number of para-hydroxylation sites is 1. The summed E-state index contributed by atoms with van der Waals surface area (Å²) in [6.07, 6.45) is 2.18. The van der Waals surface area contributed by atoms with Crippen LogP contribution in [0.5, 0.6) is 0 Å². The van der Waals surface area contributed by atoms with E-state index in [0.717, 1.165) is 27.7 Å². The lowest BCUT2D eigenvalue weighted by Gasteiger charge is -2.10. The monoisotopic (exact) mass is 311 g/mol. The summed E-state index contributed by atoms with van der Waals surface area (Å²) < 4.78 is 1.85. The van der Waals surface area contributed by atoms with E-state index in [-0.39, 0.29) is 12.3 Å². The zero-order chi connectivity index (χ0) is 15.7. The van der Waals surface area contributed by atoms with Gasteiger partial charge in [0, 0.05) is 29.7 Å². The van der Waals surface area contributed by atoms with Crippen molar-refractivity contribution in [2.75, 3.05) is 0 Å². The van der Waals surface area contributed by atoms with Crippen molar-refractivity contribution in [3.8, 4) is 0 Å². The van der Waals surface area contributed by atoms with Crippen molar-refractivity contribution >= 4 is 28.1 Å². The highest BCUT2D eigenvalue weighted by Crippen LogP contribution is 2.23. The van der Waals surface area contributed by atoms with Crippen LogP contribution in [0, 0.1) is 13.8 Å². The van der Waals surface area contributed by atoms with Crippen LogP contribution in [0.3, 0.4) is 0 Å². The van der Waals surface area contributed by atoms with Gasteiger partial charge in [0.05, 0.1) is 11.9 Å². The first-order chi connectivity index (χ1) is 10.6. The molecular formula is C17H17N3OS. The third-order valence-electron chi connectivity index (χ3n) is 3.79. The number of hydrogen-bond donors (Lipinski definition) is 0. The highest BCUT2D eigenvalue weighted by Gasteiger charge is 2.12. The summed E-state index contributed by atoms with van der Waals surface area (Å²) >= 11 is 1.46. The Hall–Kier alpha value is -2.27. The predicted octanol–water partition coefficient (Wildman–Crippen LogP) is 2.92. The Morgan fingerprint density at radius 1 is 1.32 bits per heavy atom. The Bertz CT molecular complexity index is 921. The Morgan fingerprint density at radius 2 is 2.09 bits per heavy atom. The molecule has 5 heteroatoms. The number of fused-ring (bicyclic) bond motifs is 1. The standard InChI is InChI=1S/C17H17N3OS/c1-11-13-6-4-5-7-15(13)18-12(2)14(11)10-16(21)19-17-20(3)8-9-22-17/h4-9H,10H2,1-3H3. The second kappa shape index (κ2) is 5.85. The van der Waals surface area contributed by atoms with Gasteiger partial charge in [0.2, 0.25) is 0 Å². The maximum absolute atomic E-state index is 12.3. The molecule has 0 radical (unpaired) electrons. The molecule has 0 unspecified atom stereocenters. The fourth-order valence-corrected chi connectivity index (χ4v) is 3.31. The molecule has 3 aromatic rings. The lowest BCUT2D eigenvalue weighted by molar-refractivity contribution is -0.117. The number of rotatable bonds is 2. The molecule has 1 amide bonds. The third-order valence-corrected chi connectivity index (χ3v) is 4.64. The first-order valence-corrected chi connectivity index (χ1v) is 7.96. The fourth-order valence-electron chi connectivity index (χ4n) is 2.56. The molecule has 4 nitrogen and oxygen atoms in total. The van der Waals surface area contributed by atoms with Crippen LogP contribution in [0.4, 0.5) is 0 Å². The first-order valence-electron chi connectivity index (χ1n) is 7.09. The maximum atomic E-state index is 12.3. The Morgan fingerprint density at radius 3 is 2.82 bits per heavy atom. The number of carbonyl (C=O) groups is 1. The molecule has 2 aromatic heterocycles. The molecule has 2 heterocycles. The Balaban J connectivity index is 2.01. The number of nitrogens with zero attached hydrogens (tertiary/aromatic N) is 3. The van der Waals surface area contributed by atoms with E-state index >= 15 is 0 Å². The minimum Gasteiger partial charge on any atom is -0.327 e. The summed E-state index contributed by atoms with van der Waals surface area (Å²) in [5.74, 6) is -0.138. The van der Waals surface area contributed by atoms with Crippen LogP contribution in [-0.2, 0) is 18.3 Å². The number of thiazole rings is 1. The fraction of sp³-hybridized carbons (Fsp3) is 0.235. The van der Waals surface area contributed by atoms with E-state index in [0.29, 0.717) is 4.80 Å². The van der Waals surface area contributed by atoms with E-state index < -0.39 is 0 Å². The number of amides is 1. The number of benzene rings is 1. The van der Waals surface area contributed by atoms with Crippen molar-refractivity contribution in [3.05, 3.63) is 57.5 Å². The van der Waals surface area contributed by atoms with Crippen molar-refractivity contribution in [1.29, 1.82) is 0 Å². The molecule has 1 aromatic carbocycles. The van der Waals surface area contributed by atoms with Crippen LogP contribution < -0.4 is 4.80 Å². The minimum absolute atomic E-state index is 0.138. The first kappa shape index (κ1) is 14.7. The van der Waals surface area contributed by atoms with Gasteiger partial charge in [-0.15, -0.1) is 11.3 Å². The van der Waals surface area contributed by atoms with Gasteiger partial charge in [0.1, 0.15) is 0 Å². The largest absolute Gasteiger partial charge is 0.327 e. The van der Waals surface area contributed by atoms with Crippen LogP contribution >= 0.6 is 11.3 Å². The zero-order valence-corrected chi connectivity index (χ0v) is 13.6. The molecule has 3 rings (SSSR count). The van der Waals surface area contributed by atoms with Crippen LogP contribution in [-0.4, -0.2) is 15.5 Å². The molecule has 0 aliphatic carbocycles. The quantitative estimate of drug-likeness (QED) is 0.730. The zero-order valence-electron chi connectivity index (χ0n) is 12.8. The van der Waals surface area contributed by atoms with Gasteiger partial charge in [0.25, 0.3) is 5.91 Å². The molecule has 0 spiro atoms. The van der Waals surface area contributed by atoms with Gasteiger partial charge in [0.15, 0.2) is 4.80 Å². The number of aromatic nitrogens is 2. The lowest BCUT2D eigenvalue weighted by atomic mass is 9.99. The molecule has 0 saturated heterocycles. The molecule has 0 fully saturated rings. The van der Waals surface area contributed by atoms with E-state index in [1.807, 2.05) is 61.3 Å². The molecule has 0 aliphatic rings. The number of hydrogen-bond acceptors (Lipinski definition) is 3. The van der Waals surface area contributed by atoms with Crippen molar-refractivity contribution in [2.24, 2.45) is 12.0 Å². The smallest absolute Gasteiger partial charge is 0.252 e. The summed E-state index contributed by atoms with van der Waals surface area (Å²) in [6.45, 7) is 4.00. The van der Waals surface area contributed by atoms with Crippen molar-refractivity contribution in [2.45, 2.75) is 20.3 Å². The summed E-state index contributed by atoms with van der Waals surface area (Å²) in [6, 6.07) is 8.01. The summed E-state index contributed by atoms with van der Waals surface area (Å²) in [5, 5.41) is 3.01. The van der Waals surface area contributed by atoms with E-state index in [1.54, 1.807) is 0 Å². The van der Waals surface area contributed by atoms with E-state index in [9.17, 15) is 4.79 Å². The third kappa shape index (κ3) is 2.72. The second-order valence-electron chi connectivity index (χ2n) is 5.30. The number of aryl methyl sites for hydroxylation is 3. The number of carbonyl (C=O) groups excluding carboxylic acids is 1. The van der Waals surface area contributed by atoms with Crippen molar-refractivity contribution < 1.29 is 4.79 Å². The lowest BCUT2D eigenvalue weighted by Crippen LogP contribution is -2.14. The van der Waals surface area contributed by atoms with E-state index in [1.165, 1.54) is 11.3 Å². The molecule has 22 heavy (non-hydrogen) atoms. The molecule has 112 valence electrons. The van der Waals surface area contributed by atoms with E-state index in [4.69, 9.17) is 0 Å². The van der Waals surface area contributed by atoms with Gasteiger partial charge in [-0.05, 0) is 31.0 Å². The van der Waals surface area contributed by atoms with Crippen molar-refractivity contribution in [1.82, 2.24) is 9.55 Å². The average Bonchev–Trinajstić information content (AvgIpc) is 2.89. The predicted molar refractivity (Wildman–Crippen MR) is 88.8 cm³/mol. The highest BCUT2D eigenvalue weighted by molar-refractivity contribution is 7.07. The molecular weight excluding hydrogens is 294 g/mol. The molecule has 0 saturated carbocycles. The van der Waals surface area contributed by atoms with Gasteiger partial charge in [-0.25, -0.2) is 0 Å². The minimum atomic E-state index is -0.138. The maximum Gasteiger partial charge on any atom is 0.252 e. The van der Waals surface area contributed by atoms with Gasteiger partial charge in [-0.2, -0.15) is 4.99 Å². The Labute approximate surface area is 132 Å². The SMILES string of the molecule is Cc1nc2ccccc2c(C)c1CC(=O)N=c1sccn1C. The average molecular weight is 311 g/mol. The molecule has 0 bridgehead atoms.